The Hall–Kier alpha value is -0.660. The van der Waals surface area contributed by atoms with E-state index in [1.165, 1.54) is 12.8 Å². The highest BCUT2D eigenvalue weighted by molar-refractivity contribution is 14.1. The van der Waals surface area contributed by atoms with Crippen LogP contribution in [0.4, 0.5) is 5.69 Å². The molecule has 1 aliphatic rings. The number of anilines is 1. The van der Waals surface area contributed by atoms with Crippen LogP contribution in [0.25, 0.3) is 0 Å². The monoisotopic (exact) mass is 373 g/mol. The van der Waals surface area contributed by atoms with Gasteiger partial charge in [0.25, 0.3) is 0 Å². The molecule has 1 amide bonds. The van der Waals surface area contributed by atoms with Crippen molar-refractivity contribution in [3.63, 3.8) is 0 Å². The van der Waals surface area contributed by atoms with Gasteiger partial charge < -0.3 is 10.6 Å². The normalized spacial score (nSPS) is 19.4. The van der Waals surface area contributed by atoms with Crippen molar-refractivity contribution < 1.29 is 4.79 Å². The van der Waals surface area contributed by atoms with E-state index < -0.39 is 0 Å². The third kappa shape index (κ3) is 4.74. The summed E-state index contributed by atoms with van der Waals surface area (Å²) in [4.78, 5) is 14.1. The van der Waals surface area contributed by atoms with Crippen molar-refractivity contribution in [3.05, 3.63) is 27.8 Å². The minimum absolute atomic E-state index is 0.0510. The molecule has 0 radical (unpaired) electrons. The van der Waals surface area contributed by atoms with Gasteiger partial charge in [-0.15, -0.1) is 0 Å². The van der Waals surface area contributed by atoms with Gasteiger partial charge in [-0.2, -0.15) is 0 Å². The first kappa shape index (κ1) is 14.7. The minimum Gasteiger partial charge on any atom is -0.325 e. The van der Waals surface area contributed by atoms with Crippen LogP contribution in [-0.4, -0.2) is 43.5 Å². The molecule has 19 heavy (non-hydrogen) atoms. The van der Waals surface area contributed by atoms with Crippen molar-refractivity contribution in [2.45, 2.75) is 18.9 Å². The molecule has 1 aliphatic heterocycles. The van der Waals surface area contributed by atoms with Crippen LogP contribution in [0.1, 0.15) is 12.8 Å². The number of benzene rings is 1. The smallest absolute Gasteiger partial charge is 0.238 e. The molecule has 1 aromatic rings. The van der Waals surface area contributed by atoms with E-state index in [-0.39, 0.29) is 5.91 Å². The standard InChI is InChI=1S/C14H20IN3O/c1-18(13-6-3-7-16-9-13)10-14(19)17-12-5-2-4-11(15)8-12/h2,4-5,8,13,16H,3,6-7,9-10H2,1H3,(H,17,19). The highest BCUT2D eigenvalue weighted by atomic mass is 127. The second-order valence-corrected chi connectivity index (χ2v) is 6.22. The van der Waals surface area contributed by atoms with Gasteiger partial charge in [0.15, 0.2) is 0 Å². The van der Waals surface area contributed by atoms with Crippen LogP contribution < -0.4 is 10.6 Å². The Bertz CT molecular complexity index is 432. The Kier molecular flexibility index (Phi) is 5.59. The summed E-state index contributed by atoms with van der Waals surface area (Å²) in [6.07, 6.45) is 2.35. The first-order valence-corrected chi connectivity index (χ1v) is 7.69. The van der Waals surface area contributed by atoms with Gasteiger partial charge in [-0.25, -0.2) is 0 Å². The number of carbonyl (C=O) groups excluding carboxylic acids is 1. The van der Waals surface area contributed by atoms with Crippen molar-refractivity contribution >= 4 is 34.2 Å². The number of rotatable bonds is 4. The molecule has 1 atom stereocenters. The van der Waals surface area contributed by atoms with Gasteiger partial charge in [0.05, 0.1) is 6.54 Å². The summed E-state index contributed by atoms with van der Waals surface area (Å²) < 4.78 is 1.13. The molecule has 5 heteroatoms. The number of nitrogens with zero attached hydrogens (tertiary/aromatic N) is 1. The number of amides is 1. The lowest BCUT2D eigenvalue weighted by molar-refractivity contribution is -0.117. The fraction of sp³-hybridized carbons (Fsp3) is 0.500. The molecule has 1 fully saturated rings. The minimum atomic E-state index is 0.0510. The van der Waals surface area contributed by atoms with Crippen LogP contribution in [0.3, 0.4) is 0 Å². The molecule has 1 unspecified atom stereocenters. The molecule has 0 saturated carbocycles. The number of hydrogen-bond acceptors (Lipinski definition) is 3. The predicted molar refractivity (Wildman–Crippen MR) is 86.3 cm³/mol. The van der Waals surface area contributed by atoms with Gasteiger partial charge in [-0.05, 0) is 67.2 Å². The van der Waals surface area contributed by atoms with Gasteiger partial charge in [-0.3, -0.25) is 9.69 Å². The quantitative estimate of drug-likeness (QED) is 0.793. The Labute approximate surface area is 128 Å². The molecule has 0 bridgehead atoms. The van der Waals surface area contributed by atoms with Gasteiger partial charge in [0.1, 0.15) is 0 Å². The van der Waals surface area contributed by atoms with Crippen LogP contribution in [0, 0.1) is 3.57 Å². The molecule has 104 valence electrons. The number of likely N-dealkylation sites (N-methyl/N-ethyl adjacent to an activating group) is 1. The second-order valence-electron chi connectivity index (χ2n) is 4.97. The van der Waals surface area contributed by atoms with E-state index in [2.05, 4.69) is 38.1 Å². The van der Waals surface area contributed by atoms with Gasteiger partial charge in [0, 0.05) is 21.8 Å². The Balaban J connectivity index is 1.83. The fourth-order valence-corrected chi connectivity index (χ4v) is 2.88. The van der Waals surface area contributed by atoms with Crippen molar-refractivity contribution in [2.75, 3.05) is 32.0 Å². The van der Waals surface area contributed by atoms with Crippen LogP contribution in [0.2, 0.25) is 0 Å². The third-order valence-corrected chi connectivity index (χ3v) is 4.07. The molecule has 2 N–H and O–H groups in total. The predicted octanol–water partition coefficient (Wildman–Crippen LogP) is 1.91. The fourth-order valence-electron chi connectivity index (χ4n) is 2.33. The third-order valence-electron chi connectivity index (χ3n) is 3.40. The lowest BCUT2D eigenvalue weighted by Crippen LogP contribution is -2.46. The molecule has 4 nitrogen and oxygen atoms in total. The average Bonchev–Trinajstić information content (AvgIpc) is 2.39. The highest BCUT2D eigenvalue weighted by Crippen LogP contribution is 2.13. The van der Waals surface area contributed by atoms with Gasteiger partial charge in [-0.1, -0.05) is 6.07 Å². The van der Waals surface area contributed by atoms with Crippen LogP contribution in [0.5, 0.6) is 0 Å². The maximum atomic E-state index is 12.0. The molecule has 1 heterocycles. The van der Waals surface area contributed by atoms with E-state index in [1.807, 2.05) is 31.3 Å². The lowest BCUT2D eigenvalue weighted by Gasteiger charge is -2.31. The molecule has 0 aliphatic carbocycles. The lowest BCUT2D eigenvalue weighted by atomic mass is 10.1. The van der Waals surface area contributed by atoms with E-state index >= 15 is 0 Å². The number of nitrogens with one attached hydrogen (secondary N) is 2. The number of piperidine rings is 1. The maximum Gasteiger partial charge on any atom is 0.238 e. The molecule has 1 saturated heterocycles. The van der Waals surface area contributed by atoms with Crippen LogP contribution >= 0.6 is 22.6 Å². The van der Waals surface area contributed by atoms with E-state index in [0.29, 0.717) is 12.6 Å². The summed E-state index contributed by atoms with van der Waals surface area (Å²) in [5.74, 6) is 0.0510. The Morgan fingerprint density at radius 1 is 1.58 bits per heavy atom. The van der Waals surface area contributed by atoms with Gasteiger partial charge in [0.2, 0.25) is 5.91 Å². The number of hydrogen-bond donors (Lipinski definition) is 2. The van der Waals surface area contributed by atoms with Crippen molar-refractivity contribution in [1.29, 1.82) is 0 Å². The maximum absolute atomic E-state index is 12.0. The van der Waals surface area contributed by atoms with E-state index in [4.69, 9.17) is 0 Å². The van der Waals surface area contributed by atoms with Gasteiger partial charge >= 0.3 is 0 Å². The summed E-state index contributed by atoms with van der Waals surface area (Å²) in [6.45, 7) is 2.52. The summed E-state index contributed by atoms with van der Waals surface area (Å²) in [5, 5.41) is 6.32. The largest absolute Gasteiger partial charge is 0.325 e. The molecule has 0 spiro atoms. The summed E-state index contributed by atoms with van der Waals surface area (Å²) >= 11 is 2.24. The van der Waals surface area contributed by atoms with Crippen LogP contribution in [-0.2, 0) is 4.79 Å². The van der Waals surface area contributed by atoms with Crippen molar-refractivity contribution in [3.8, 4) is 0 Å². The zero-order valence-corrected chi connectivity index (χ0v) is 13.3. The van der Waals surface area contributed by atoms with E-state index in [9.17, 15) is 4.79 Å². The van der Waals surface area contributed by atoms with Crippen molar-refractivity contribution in [1.82, 2.24) is 10.2 Å². The Morgan fingerprint density at radius 3 is 3.11 bits per heavy atom. The zero-order valence-electron chi connectivity index (χ0n) is 11.2. The number of carbonyl (C=O) groups is 1. The van der Waals surface area contributed by atoms with E-state index in [1.54, 1.807) is 0 Å². The number of halogens is 1. The molecule has 1 aromatic carbocycles. The molecule has 2 rings (SSSR count). The Morgan fingerprint density at radius 2 is 2.42 bits per heavy atom. The van der Waals surface area contributed by atoms with E-state index in [0.717, 1.165) is 22.3 Å². The summed E-state index contributed by atoms with van der Waals surface area (Å²) in [6, 6.07) is 8.32. The van der Waals surface area contributed by atoms with Crippen molar-refractivity contribution in [2.24, 2.45) is 0 Å². The molecular weight excluding hydrogens is 353 g/mol. The summed E-state index contributed by atoms with van der Waals surface area (Å²) in [7, 11) is 2.02. The topological polar surface area (TPSA) is 44.4 Å². The first-order valence-electron chi connectivity index (χ1n) is 6.61. The molecule has 0 aromatic heterocycles. The second kappa shape index (κ2) is 7.21. The SMILES string of the molecule is CN(CC(=O)Nc1cccc(I)c1)C1CCCNC1. The molecular formula is C14H20IN3O. The first-order chi connectivity index (χ1) is 9.15. The zero-order chi connectivity index (χ0) is 13.7. The average molecular weight is 373 g/mol. The summed E-state index contributed by atoms with van der Waals surface area (Å²) in [5.41, 5.74) is 0.868. The van der Waals surface area contributed by atoms with Crippen LogP contribution in [0.15, 0.2) is 24.3 Å². The highest BCUT2D eigenvalue weighted by Gasteiger charge is 2.19.